The van der Waals surface area contributed by atoms with Crippen molar-refractivity contribution in [1.82, 2.24) is 4.90 Å². The van der Waals surface area contributed by atoms with Gasteiger partial charge in [0.1, 0.15) is 5.75 Å². The van der Waals surface area contributed by atoms with E-state index in [0.29, 0.717) is 12.5 Å². The zero-order valence-corrected chi connectivity index (χ0v) is 24.5. The van der Waals surface area contributed by atoms with Crippen LogP contribution in [-0.2, 0) is 16.0 Å². The molecule has 3 aromatic rings. The summed E-state index contributed by atoms with van der Waals surface area (Å²) in [6.45, 7) is 3.79. The fourth-order valence-electron chi connectivity index (χ4n) is 6.63. The highest BCUT2D eigenvalue weighted by Gasteiger charge is 2.42. The van der Waals surface area contributed by atoms with Gasteiger partial charge in [-0.1, -0.05) is 72.8 Å². The molecule has 1 atom stereocenters. The molecule has 1 unspecified atom stereocenters. The number of hydrogen-bond donors (Lipinski definition) is 1. The van der Waals surface area contributed by atoms with E-state index < -0.39 is 0 Å². The third kappa shape index (κ3) is 7.17. The number of carbonyl (C=O) groups is 2. The molecule has 0 radical (unpaired) electrons. The van der Waals surface area contributed by atoms with Crippen LogP contribution in [0.2, 0.25) is 0 Å². The van der Waals surface area contributed by atoms with Gasteiger partial charge in [-0.3, -0.25) is 14.6 Å². The maximum Gasteiger partial charge on any atom is 0.221 e. The van der Waals surface area contributed by atoms with Gasteiger partial charge in [0.25, 0.3) is 0 Å². The molecule has 2 aliphatic rings. The first-order valence-corrected chi connectivity index (χ1v) is 15.0. The second-order valence-corrected chi connectivity index (χ2v) is 11.5. The molecule has 0 saturated carbocycles. The number of ether oxygens (including phenoxy) is 1. The summed E-state index contributed by atoms with van der Waals surface area (Å²) < 4.78 is 6.16. The number of nitrogens with two attached hydrogens (primary N) is 1. The first-order chi connectivity index (χ1) is 20.4. The molecule has 2 heterocycles. The van der Waals surface area contributed by atoms with E-state index in [1.807, 2.05) is 35.4 Å². The van der Waals surface area contributed by atoms with Crippen molar-refractivity contribution in [1.29, 1.82) is 0 Å². The fraction of sp³-hybridized carbons (Fsp3) is 0.361. The van der Waals surface area contributed by atoms with Crippen LogP contribution in [0.25, 0.3) is 0 Å². The van der Waals surface area contributed by atoms with Crippen LogP contribution in [0.1, 0.15) is 61.6 Å². The Hall–Kier alpha value is -4.19. The molecule has 5 rings (SSSR count). The summed E-state index contributed by atoms with van der Waals surface area (Å²) in [6.07, 6.45) is 8.93. The van der Waals surface area contributed by atoms with Crippen LogP contribution < -0.4 is 10.5 Å². The Kier molecular flexibility index (Phi) is 9.52. The number of piperidine rings is 1. The predicted octanol–water partition coefficient (Wildman–Crippen LogP) is 6.10. The van der Waals surface area contributed by atoms with Crippen molar-refractivity contribution in [2.24, 2.45) is 16.6 Å². The van der Waals surface area contributed by atoms with E-state index >= 15 is 0 Å². The number of nitrogens with zero attached hydrogens (tertiary/aromatic N) is 2. The molecule has 0 aromatic heterocycles. The molecule has 0 spiro atoms. The van der Waals surface area contributed by atoms with E-state index in [-0.39, 0.29) is 29.7 Å². The van der Waals surface area contributed by atoms with Crippen LogP contribution in [0.15, 0.2) is 102 Å². The number of likely N-dealkylation sites (tertiary alicyclic amines) is 1. The summed E-state index contributed by atoms with van der Waals surface area (Å²) in [7, 11) is 0. The average molecular weight is 564 g/mol. The second-order valence-electron chi connectivity index (χ2n) is 11.5. The minimum atomic E-state index is -0.354. The van der Waals surface area contributed by atoms with Gasteiger partial charge in [0, 0.05) is 32.1 Å². The molecule has 2 N–H and O–H groups in total. The van der Waals surface area contributed by atoms with Gasteiger partial charge in [-0.05, 0) is 78.5 Å². The van der Waals surface area contributed by atoms with Crippen LogP contribution in [0, 0.1) is 5.92 Å². The quantitative estimate of drug-likeness (QED) is 0.270. The Balaban J connectivity index is 1.38. The zero-order valence-electron chi connectivity index (χ0n) is 24.5. The van der Waals surface area contributed by atoms with Crippen molar-refractivity contribution < 1.29 is 14.3 Å². The van der Waals surface area contributed by atoms with Gasteiger partial charge in [0.05, 0.1) is 18.6 Å². The minimum Gasteiger partial charge on any atom is -0.494 e. The Labute approximate surface area is 249 Å². The smallest absolute Gasteiger partial charge is 0.221 e. The van der Waals surface area contributed by atoms with Gasteiger partial charge < -0.3 is 15.4 Å². The van der Waals surface area contributed by atoms with Gasteiger partial charge in [-0.15, -0.1) is 0 Å². The van der Waals surface area contributed by atoms with Crippen molar-refractivity contribution in [3.63, 3.8) is 0 Å². The first kappa shape index (κ1) is 29.3. The SMILES string of the molecule is CC(=O)N1CCC(C2=CC=NC2(CCCOc2cccc(CC(N)=O)c2)CC(c2ccccc2)c2ccccc2)CC1. The summed E-state index contributed by atoms with van der Waals surface area (Å²) in [5.74, 6) is 1.13. The number of aliphatic imine (C=N–C) groups is 1. The van der Waals surface area contributed by atoms with Gasteiger partial charge >= 0.3 is 0 Å². The third-order valence-electron chi connectivity index (χ3n) is 8.72. The Morgan fingerprint density at radius 2 is 1.64 bits per heavy atom. The number of carbonyl (C=O) groups excluding carboxylic acids is 2. The summed E-state index contributed by atoms with van der Waals surface area (Å²) in [5, 5.41) is 0. The van der Waals surface area contributed by atoms with Crippen molar-refractivity contribution in [2.45, 2.75) is 56.9 Å². The molecular weight excluding hydrogens is 522 g/mol. The number of allylic oxidation sites excluding steroid dienone is 1. The number of primary amides is 1. The Bertz CT molecular complexity index is 1370. The molecule has 218 valence electrons. The largest absolute Gasteiger partial charge is 0.494 e. The number of amides is 2. The Morgan fingerprint density at radius 3 is 2.26 bits per heavy atom. The molecule has 1 fully saturated rings. The summed E-state index contributed by atoms with van der Waals surface area (Å²) in [4.78, 5) is 30.6. The maximum absolute atomic E-state index is 12.0. The van der Waals surface area contributed by atoms with Gasteiger partial charge in [0.2, 0.25) is 11.8 Å². The summed E-state index contributed by atoms with van der Waals surface area (Å²) in [5.41, 5.74) is 9.86. The highest BCUT2D eigenvalue weighted by atomic mass is 16.5. The lowest BCUT2D eigenvalue weighted by Gasteiger charge is -2.40. The van der Waals surface area contributed by atoms with Crippen molar-refractivity contribution in [2.75, 3.05) is 19.7 Å². The van der Waals surface area contributed by atoms with E-state index in [1.54, 1.807) is 6.92 Å². The normalized spacial score (nSPS) is 18.7. The van der Waals surface area contributed by atoms with Crippen LogP contribution in [0.5, 0.6) is 5.75 Å². The molecule has 6 nitrogen and oxygen atoms in total. The van der Waals surface area contributed by atoms with E-state index in [2.05, 4.69) is 66.7 Å². The molecule has 6 heteroatoms. The highest BCUT2D eigenvalue weighted by molar-refractivity contribution is 5.78. The number of rotatable bonds is 12. The third-order valence-corrected chi connectivity index (χ3v) is 8.72. The van der Waals surface area contributed by atoms with E-state index in [1.165, 1.54) is 16.7 Å². The molecule has 0 aliphatic carbocycles. The monoisotopic (exact) mass is 563 g/mol. The lowest BCUT2D eigenvalue weighted by atomic mass is 9.70. The molecule has 2 aliphatic heterocycles. The standard InChI is InChI=1S/C36H41N3O3/c1-27(40)39-21-17-31(18-22-39)34-16-20-38-36(34,19-9-23-42-32-15-8-10-28(24-32)25-35(37)41)26-33(29-11-4-2-5-12-29)30-13-6-3-7-14-30/h2-8,10-16,20,24,31,33H,9,17-19,21-23,25-26H2,1H3,(H2,37,41). The van der Waals surface area contributed by atoms with Crippen LogP contribution in [0.3, 0.4) is 0 Å². The van der Waals surface area contributed by atoms with Crippen molar-refractivity contribution in [3.05, 3.63) is 113 Å². The maximum atomic E-state index is 12.0. The topological polar surface area (TPSA) is 85.0 Å². The first-order valence-electron chi connectivity index (χ1n) is 15.0. The number of hydrogen-bond acceptors (Lipinski definition) is 4. The molecule has 2 amide bonds. The Morgan fingerprint density at radius 1 is 0.976 bits per heavy atom. The van der Waals surface area contributed by atoms with Gasteiger partial charge in [-0.25, -0.2) is 0 Å². The molecular formula is C36H41N3O3. The van der Waals surface area contributed by atoms with Crippen LogP contribution >= 0.6 is 0 Å². The van der Waals surface area contributed by atoms with E-state index in [9.17, 15) is 9.59 Å². The fourth-order valence-corrected chi connectivity index (χ4v) is 6.63. The molecule has 3 aromatic carbocycles. The van der Waals surface area contributed by atoms with Gasteiger partial charge in [0.15, 0.2) is 0 Å². The lowest BCUT2D eigenvalue weighted by Crippen LogP contribution is -2.41. The predicted molar refractivity (Wildman–Crippen MR) is 168 cm³/mol. The van der Waals surface area contributed by atoms with Gasteiger partial charge in [-0.2, -0.15) is 0 Å². The van der Waals surface area contributed by atoms with E-state index in [4.69, 9.17) is 15.5 Å². The lowest BCUT2D eigenvalue weighted by molar-refractivity contribution is -0.130. The second kappa shape index (κ2) is 13.6. The minimum absolute atomic E-state index is 0.154. The van der Waals surface area contributed by atoms with Crippen molar-refractivity contribution in [3.8, 4) is 5.75 Å². The summed E-state index contributed by atoms with van der Waals surface area (Å²) >= 11 is 0. The van der Waals surface area contributed by atoms with Crippen LogP contribution in [-0.4, -0.2) is 48.2 Å². The zero-order chi connectivity index (χ0) is 29.4. The van der Waals surface area contributed by atoms with Crippen LogP contribution in [0.4, 0.5) is 0 Å². The molecule has 0 bridgehead atoms. The molecule has 42 heavy (non-hydrogen) atoms. The number of benzene rings is 3. The van der Waals surface area contributed by atoms with Crippen molar-refractivity contribution >= 4 is 18.0 Å². The van der Waals surface area contributed by atoms with E-state index in [0.717, 1.165) is 56.5 Å². The molecule has 1 saturated heterocycles. The summed E-state index contributed by atoms with van der Waals surface area (Å²) in [6, 6.07) is 29.1. The highest BCUT2D eigenvalue weighted by Crippen LogP contribution is 2.46. The average Bonchev–Trinajstić information content (AvgIpc) is 3.42.